The van der Waals surface area contributed by atoms with Crippen LogP contribution in [0.25, 0.3) is 0 Å². The highest BCUT2D eigenvalue weighted by molar-refractivity contribution is 5.26. The molecule has 96 valence electrons. The quantitative estimate of drug-likeness (QED) is 0.873. The van der Waals surface area contributed by atoms with Gasteiger partial charge in [0.25, 0.3) is 6.01 Å². The summed E-state index contributed by atoms with van der Waals surface area (Å²) < 4.78 is 5.57. The second-order valence-electron chi connectivity index (χ2n) is 4.66. The number of rotatable bonds is 4. The molecular weight excluding hydrogens is 214 g/mol. The molecule has 2 heterocycles. The highest BCUT2D eigenvalue weighted by atomic mass is 16.4. The summed E-state index contributed by atoms with van der Waals surface area (Å²) in [5.41, 5.74) is 1.00. The summed E-state index contributed by atoms with van der Waals surface area (Å²) in [6, 6.07) is 0.805. The molecular formula is C13H23N3O. The van der Waals surface area contributed by atoms with Gasteiger partial charge in [0.05, 0.1) is 5.69 Å². The van der Waals surface area contributed by atoms with E-state index in [-0.39, 0.29) is 0 Å². The zero-order valence-corrected chi connectivity index (χ0v) is 10.7. The lowest BCUT2D eigenvalue weighted by Crippen LogP contribution is -2.27. The predicted octanol–water partition coefficient (Wildman–Crippen LogP) is 2.55. The van der Waals surface area contributed by atoms with Crippen molar-refractivity contribution in [1.29, 1.82) is 0 Å². The fraction of sp³-hybridized carbons (Fsp3) is 0.769. The number of hydrogen-bond donors (Lipinski definition) is 1. The van der Waals surface area contributed by atoms with Gasteiger partial charge in [-0.1, -0.05) is 26.2 Å². The minimum Gasteiger partial charge on any atom is -0.432 e. The van der Waals surface area contributed by atoms with Gasteiger partial charge in [-0.25, -0.2) is 0 Å². The van der Waals surface area contributed by atoms with Crippen LogP contribution in [0.2, 0.25) is 0 Å². The predicted molar refractivity (Wildman–Crippen MR) is 69.2 cm³/mol. The first kappa shape index (κ1) is 12.4. The van der Waals surface area contributed by atoms with E-state index in [4.69, 9.17) is 4.42 Å². The van der Waals surface area contributed by atoms with Crippen LogP contribution in [0.4, 0.5) is 6.01 Å². The zero-order chi connectivity index (χ0) is 11.9. The molecule has 1 aromatic rings. The third-order valence-electron chi connectivity index (χ3n) is 3.22. The van der Waals surface area contributed by atoms with Gasteiger partial charge in [0.15, 0.2) is 0 Å². The molecule has 2 rings (SSSR count). The van der Waals surface area contributed by atoms with Gasteiger partial charge in [-0.05, 0) is 19.4 Å². The molecule has 17 heavy (non-hydrogen) atoms. The number of nitrogens with one attached hydrogen (secondary N) is 1. The maximum Gasteiger partial charge on any atom is 0.297 e. The van der Waals surface area contributed by atoms with Gasteiger partial charge in [-0.3, -0.25) is 0 Å². The van der Waals surface area contributed by atoms with Crippen molar-refractivity contribution in [2.45, 2.75) is 45.6 Å². The summed E-state index contributed by atoms with van der Waals surface area (Å²) >= 11 is 0. The molecule has 1 aliphatic rings. The monoisotopic (exact) mass is 237 g/mol. The van der Waals surface area contributed by atoms with Crippen LogP contribution < -0.4 is 10.2 Å². The Kier molecular flexibility index (Phi) is 4.86. The number of anilines is 1. The Morgan fingerprint density at radius 2 is 1.94 bits per heavy atom. The third-order valence-corrected chi connectivity index (χ3v) is 3.22. The molecule has 0 aliphatic carbocycles. The fourth-order valence-corrected chi connectivity index (χ4v) is 2.21. The molecule has 0 aromatic carbocycles. The second kappa shape index (κ2) is 6.64. The maximum absolute atomic E-state index is 5.57. The smallest absolute Gasteiger partial charge is 0.297 e. The van der Waals surface area contributed by atoms with Gasteiger partial charge in [-0.15, -0.1) is 0 Å². The largest absolute Gasteiger partial charge is 0.432 e. The van der Waals surface area contributed by atoms with Crippen LogP contribution >= 0.6 is 0 Å². The van der Waals surface area contributed by atoms with E-state index in [1.165, 1.54) is 32.1 Å². The number of hydrogen-bond acceptors (Lipinski definition) is 4. The molecule has 0 amide bonds. The number of nitrogens with zero attached hydrogens (tertiary/aromatic N) is 2. The molecule has 1 aliphatic heterocycles. The summed E-state index contributed by atoms with van der Waals surface area (Å²) in [6.07, 6.45) is 8.33. The van der Waals surface area contributed by atoms with E-state index in [1.807, 2.05) is 0 Å². The van der Waals surface area contributed by atoms with E-state index in [9.17, 15) is 0 Å². The van der Waals surface area contributed by atoms with Crippen LogP contribution in [-0.4, -0.2) is 24.6 Å². The van der Waals surface area contributed by atoms with Crippen LogP contribution in [0.3, 0.4) is 0 Å². The molecule has 0 unspecified atom stereocenters. The molecule has 4 heteroatoms. The maximum atomic E-state index is 5.57. The van der Waals surface area contributed by atoms with Gasteiger partial charge >= 0.3 is 0 Å². The summed E-state index contributed by atoms with van der Waals surface area (Å²) in [4.78, 5) is 6.83. The van der Waals surface area contributed by atoms with Crippen LogP contribution in [0.1, 0.15) is 44.7 Å². The molecule has 1 N–H and O–H groups in total. The van der Waals surface area contributed by atoms with Crippen molar-refractivity contribution in [1.82, 2.24) is 10.3 Å². The van der Waals surface area contributed by atoms with Crippen LogP contribution in [0.5, 0.6) is 0 Å². The minimum absolute atomic E-state index is 0.799. The number of oxazole rings is 1. The van der Waals surface area contributed by atoms with Crippen molar-refractivity contribution in [3.05, 3.63) is 12.0 Å². The highest BCUT2D eigenvalue weighted by Crippen LogP contribution is 2.18. The van der Waals surface area contributed by atoms with Gasteiger partial charge in [0, 0.05) is 19.6 Å². The Hall–Kier alpha value is -1.03. The van der Waals surface area contributed by atoms with Crippen molar-refractivity contribution in [3.8, 4) is 0 Å². The SMILES string of the molecule is CCNCc1coc(N2CCCCCCC2)n1. The first-order valence-electron chi connectivity index (χ1n) is 6.80. The van der Waals surface area contributed by atoms with E-state index in [0.29, 0.717) is 0 Å². The van der Waals surface area contributed by atoms with Crippen molar-refractivity contribution < 1.29 is 4.42 Å². The highest BCUT2D eigenvalue weighted by Gasteiger charge is 2.14. The van der Waals surface area contributed by atoms with E-state index >= 15 is 0 Å². The zero-order valence-electron chi connectivity index (χ0n) is 10.7. The molecule has 0 atom stereocenters. The fourth-order valence-electron chi connectivity index (χ4n) is 2.21. The van der Waals surface area contributed by atoms with E-state index in [2.05, 4.69) is 22.1 Å². The van der Waals surface area contributed by atoms with E-state index in [0.717, 1.165) is 37.9 Å². The van der Waals surface area contributed by atoms with Crippen molar-refractivity contribution in [2.24, 2.45) is 0 Å². The topological polar surface area (TPSA) is 41.3 Å². The van der Waals surface area contributed by atoms with E-state index in [1.54, 1.807) is 6.26 Å². The van der Waals surface area contributed by atoms with Crippen molar-refractivity contribution >= 4 is 6.01 Å². The Morgan fingerprint density at radius 3 is 2.65 bits per heavy atom. The summed E-state index contributed by atoms with van der Waals surface area (Å²) in [7, 11) is 0. The average molecular weight is 237 g/mol. The molecule has 0 bridgehead atoms. The summed E-state index contributed by atoms with van der Waals surface area (Å²) in [5.74, 6) is 0. The normalized spacial score (nSPS) is 17.8. The molecule has 0 saturated carbocycles. The average Bonchev–Trinajstić information content (AvgIpc) is 2.74. The molecule has 0 spiro atoms. The Balaban J connectivity index is 1.92. The standard InChI is InChI=1S/C13H23N3O/c1-2-14-10-12-11-17-13(15-12)16-8-6-4-3-5-7-9-16/h11,14H,2-10H2,1H3. The van der Waals surface area contributed by atoms with Crippen molar-refractivity contribution in [3.63, 3.8) is 0 Å². The molecule has 1 saturated heterocycles. The van der Waals surface area contributed by atoms with Crippen LogP contribution in [-0.2, 0) is 6.54 Å². The molecule has 1 fully saturated rings. The Bertz CT molecular complexity index is 316. The molecule has 4 nitrogen and oxygen atoms in total. The summed E-state index contributed by atoms with van der Waals surface area (Å²) in [5, 5.41) is 3.26. The number of aromatic nitrogens is 1. The van der Waals surface area contributed by atoms with Crippen LogP contribution in [0, 0.1) is 0 Å². The first-order valence-corrected chi connectivity index (χ1v) is 6.80. The molecule has 1 aromatic heterocycles. The Morgan fingerprint density at radius 1 is 1.24 bits per heavy atom. The van der Waals surface area contributed by atoms with Gasteiger partial charge < -0.3 is 14.6 Å². The first-order chi connectivity index (χ1) is 8.40. The second-order valence-corrected chi connectivity index (χ2v) is 4.66. The lowest BCUT2D eigenvalue weighted by atomic mass is 10.1. The lowest BCUT2D eigenvalue weighted by Gasteiger charge is -2.22. The van der Waals surface area contributed by atoms with Gasteiger partial charge in [-0.2, -0.15) is 4.98 Å². The minimum atomic E-state index is 0.799. The van der Waals surface area contributed by atoms with Gasteiger partial charge in [0.1, 0.15) is 6.26 Å². The third kappa shape index (κ3) is 3.73. The molecule has 0 radical (unpaired) electrons. The van der Waals surface area contributed by atoms with Gasteiger partial charge in [0.2, 0.25) is 0 Å². The van der Waals surface area contributed by atoms with E-state index < -0.39 is 0 Å². The summed E-state index contributed by atoms with van der Waals surface area (Å²) in [6.45, 7) is 6.03. The van der Waals surface area contributed by atoms with Crippen molar-refractivity contribution in [2.75, 3.05) is 24.5 Å². The lowest BCUT2D eigenvalue weighted by molar-refractivity contribution is 0.493. The Labute approximate surface area is 103 Å². The van der Waals surface area contributed by atoms with Crippen LogP contribution in [0.15, 0.2) is 10.7 Å².